The SMILES string of the molecule is COc1ccc(S(=O)(=O)N2CC(C)C(N)C2)cc1F. The quantitative estimate of drug-likeness (QED) is 0.893. The first-order valence-electron chi connectivity index (χ1n) is 5.95. The van der Waals surface area contributed by atoms with Crippen molar-refractivity contribution in [2.75, 3.05) is 20.2 Å². The molecule has 5 nitrogen and oxygen atoms in total. The van der Waals surface area contributed by atoms with Gasteiger partial charge in [0.1, 0.15) is 0 Å². The summed E-state index contributed by atoms with van der Waals surface area (Å²) in [6.07, 6.45) is 0. The maximum Gasteiger partial charge on any atom is 0.243 e. The Balaban J connectivity index is 2.33. The summed E-state index contributed by atoms with van der Waals surface area (Å²) in [5, 5.41) is 0. The van der Waals surface area contributed by atoms with E-state index in [4.69, 9.17) is 10.5 Å². The van der Waals surface area contributed by atoms with Crippen LogP contribution < -0.4 is 10.5 Å². The van der Waals surface area contributed by atoms with E-state index in [1.165, 1.54) is 23.5 Å². The lowest BCUT2D eigenvalue weighted by atomic mass is 10.1. The lowest BCUT2D eigenvalue weighted by molar-refractivity contribution is 0.385. The average molecular weight is 288 g/mol. The first kappa shape index (κ1) is 14.2. The number of hydrogen-bond acceptors (Lipinski definition) is 4. The Morgan fingerprint density at radius 1 is 1.42 bits per heavy atom. The van der Waals surface area contributed by atoms with Crippen molar-refractivity contribution in [2.24, 2.45) is 11.7 Å². The molecule has 1 fully saturated rings. The zero-order valence-corrected chi connectivity index (χ0v) is 11.7. The van der Waals surface area contributed by atoms with Crippen LogP contribution in [0.4, 0.5) is 4.39 Å². The van der Waals surface area contributed by atoms with Gasteiger partial charge in [-0.1, -0.05) is 6.92 Å². The second-order valence-corrected chi connectivity index (χ2v) is 6.70. The van der Waals surface area contributed by atoms with Gasteiger partial charge in [-0.05, 0) is 24.1 Å². The number of sulfonamides is 1. The molecule has 1 heterocycles. The lowest BCUT2D eigenvalue weighted by Gasteiger charge is -2.16. The second kappa shape index (κ2) is 5.07. The van der Waals surface area contributed by atoms with Gasteiger partial charge in [0.05, 0.1) is 12.0 Å². The highest BCUT2D eigenvalue weighted by Crippen LogP contribution is 2.26. The summed E-state index contributed by atoms with van der Waals surface area (Å²) in [6.45, 7) is 2.52. The van der Waals surface area contributed by atoms with Crippen molar-refractivity contribution >= 4 is 10.0 Å². The predicted molar refractivity (Wildman–Crippen MR) is 68.9 cm³/mol. The maximum atomic E-state index is 13.6. The molecule has 2 N–H and O–H groups in total. The molecule has 0 saturated carbocycles. The van der Waals surface area contributed by atoms with Crippen LogP contribution in [-0.4, -0.2) is 39.0 Å². The van der Waals surface area contributed by atoms with Gasteiger partial charge in [-0.3, -0.25) is 0 Å². The third kappa shape index (κ3) is 2.58. The van der Waals surface area contributed by atoms with Crippen LogP contribution in [-0.2, 0) is 10.0 Å². The van der Waals surface area contributed by atoms with Crippen LogP contribution in [0.15, 0.2) is 23.1 Å². The fourth-order valence-corrected chi connectivity index (χ4v) is 3.69. The van der Waals surface area contributed by atoms with Crippen LogP contribution in [0.2, 0.25) is 0 Å². The van der Waals surface area contributed by atoms with Crippen molar-refractivity contribution in [1.29, 1.82) is 0 Å². The van der Waals surface area contributed by atoms with Gasteiger partial charge in [0, 0.05) is 19.1 Å². The van der Waals surface area contributed by atoms with E-state index >= 15 is 0 Å². The fraction of sp³-hybridized carbons (Fsp3) is 0.500. The van der Waals surface area contributed by atoms with Crippen LogP contribution >= 0.6 is 0 Å². The molecule has 106 valence electrons. The molecule has 0 radical (unpaired) electrons. The minimum absolute atomic E-state index is 0.0189. The van der Waals surface area contributed by atoms with Crippen molar-refractivity contribution in [3.05, 3.63) is 24.0 Å². The summed E-state index contributed by atoms with van der Waals surface area (Å²) in [5.41, 5.74) is 5.82. The number of nitrogens with two attached hydrogens (primary N) is 1. The van der Waals surface area contributed by atoms with Gasteiger partial charge in [-0.2, -0.15) is 4.31 Å². The summed E-state index contributed by atoms with van der Waals surface area (Å²) in [6, 6.07) is 3.44. The van der Waals surface area contributed by atoms with Gasteiger partial charge in [-0.25, -0.2) is 12.8 Å². The molecule has 0 amide bonds. The highest BCUT2D eigenvalue weighted by molar-refractivity contribution is 7.89. The number of ether oxygens (including phenoxy) is 1. The molecule has 0 aromatic heterocycles. The zero-order valence-electron chi connectivity index (χ0n) is 10.8. The van der Waals surface area contributed by atoms with Crippen molar-refractivity contribution in [2.45, 2.75) is 17.9 Å². The average Bonchev–Trinajstić information content (AvgIpc) is 2.70. The summed E-state index contributed by atoms with van der Waals surface area (Å²) in [4.78, 5) is -0.0768. The molecule has 0 spiro atoms. The van der Waals surface area contributed by atoms with E-state index < -0.39 is 15.8 Å². The van der Waals surface area contributed by atoms with Gasteiger partial charge in [0.15, 0.2) is 11.6 Å². The molecule has 0 bridgehead atoms. The van der Waals surface area contributed by atoms with Gasteiger partial charge < -0.3 is 10.5 Å². The molecule has 0 aliphatic carbocycles. The Bertz CT molecular complexity index is 566. The lowest BCUT2D eigenvalue weighted by Crippen LogP contribution is -2.32. The Morgan fingerprint density at radius 2 is 2.11 bits per heavy atom. The van der Waals surface area contributed by atoms with E-state index in [9.17, 15) is 12.8 Å². The third-order valence-corrected chi connectivity index (χ3v) is 5.23. The third-order valence-electron chi connectivity index (χ3n) is 3.40. The molecule has 2 rings (SSSR count). The molecule has 1 aromatic rings. The van der Waals surface area contributed by atoms with E-state index in [0.717, 1.165) is 6.07 Å². The van der Waals surface area contributed by atoms with Crippen molar-refractivity contribution in [3.8, 4) is 5.75 Å². The minimum atomic E-state index is -3.69. The molecule has 7 heteroatoms. The number of hydrogen-bond donors (Lipinski definition) is 1. The van der Waals surface area contributed by atoms with E-state index in [-0.39, 0.29) is 29.1 Å². The fourth-order valence-electron chi connectivity index (χ4n) is 2.10. The van der Waals surface area contributed by atoms with Crippen LogP contribution in [0.25, 0.3) is 0 Å². The summed E-state index contributed by atoms with van der Waals surface area (Å²) in [5.74, 6) is -0.580. The minimum Gasteiger partial charge on any atom is -0.494 e. The molecule has 1 aliphatic heterocycles. The first-order valence-corrected chi connectivity index (χ1v) is 7.39. The number of halogens is 1. The zero-order chi connectivity index (χ0) is 14.2. The van der Waals surface area contributed by atoms with E-state index in [1.807, 2.05) is 6.92 Å². The Labute approximate surface area is 112 Å². The number of rotatable bonds is 3. The van der Waals surface area contributed by atoms with Crippen molar-refractivity contribution < 1.29 is 17.5 Å². The first-order chi connectivity index (χ1) is 8.86. The Hall–Kier alpha value is -1.18. The monoisotopic (exact) mass is 288 g/mol. The predicted octanol–water partition coefficient (Wildman–Crippen LogP) is 0.802. The van der Waals surface area contributed by atoms with Gasteiger partial charge in [-0.15, -0.1) is 0 Å². The van der Waals surface area contributed by atoms with Gasteiger partial charge in [0.25, 0.3) is 0 Å². The highest BCUT2D eigenvalue weighted by atomic mass is 32.2. The second-order valence-electron chi connectivity index (χ2n) is 4.76. The van der Waals surface area contributed by atoms with Crippen molar-refractivity contribution in [1.82, 2.24) is 4.31 Å². The number of methoxy groups -OCH3 is 1. The van der Waals surface area contributed by atoms with Crippen LogP contribution in [0, 0.1) is 11.7 Å². The van der Waals surface area contributed by atoms with Gasteiger partial charge >= 0.3 is 0 Å². The molecular weight excluding hydrogens is 271 g/mol. The summed E-state index contributed by atoms with van der Waals surface area (Å²) < 4.78 is 44.3. The molecule has 19 heavy (non-hydrogen) atoms. The summed E-state index contributed by atoms with van der Waals surface area (Å²) in [7, 11) is -2.37. The standard InChI is InChI=1S/C12H17FN2O3S/c1-8-6-15(7-11(8)14)19(16,17)9-3-4-12(18-2)10(13)5-9/h3-5,8,11H,6-7,14H2,1-2H3. The normalized spacial score (nSPS) is 24.6. The maximum absolute atomic E-state index is 13.6. The summed E-state index contributed by atoms with van der Waals surface area (Å²) >= 11 is 0. The number of benzene rings is 1. The Morgan fingerprint density at radius 3 is 2.58 bits per heavy atom. The molecule has 2 atom stereocenters. The molecule has 1 aliphatic rings. The largest absolute Gasteiger partial charge is 0.494 e. The highest BCUT2D eigenvalue weighted by Gasteiger charge is 2.35. The van der Waals surface area contributed by atoms with Gasteiger partial charge in [0.2, 0.25) is 10.0 Å². The van der Waals surface area contributed by atoms with Crippen LogP contribution in [0.1, 0.15) is 6.92 Å². The molecule has 1 saturated heterocycles. The van der Waals surface area contributed by atoms with Crippen LogP contribution in [0.5, 0.6) is 5.75 Å². The topological polar surface area (TPSA) is 72.6 Å². The van der Waals surface area contributed by atoms with Crippen molar-refractivity contribution in [3.63, 3.8) is 0 Å². The molecular formula is C12H17FN2O3S. The molecule has 2 unspecified atom stereocenters. The van der Waals surface area contributed by atoms with Crippen LogP contribution in [0.3, 0.4) is 0 Å². The number of nitrogens with zero attached hydrogens (tertiary/aromatic N) is 1. The molecule has 1 aromatic carbocycles. The van der Waals surface area contributed by atoms with E-state index in [1.54, 1.807) is 0 Å². The smallest absolute Gasteiger partial charge is 0.243 e. The Kier molecular flexibility index (Phi) is 3.80. The van der Waals surface area contributed by atoms with E-state index in [2.05, 4.69) is 0 Å². The van der Waals surface area contributed by atoms with E-state index in [0.29, 0.717) is 6.54 Å².